The number of anilines is 1. The molecular weight excluding hydrogens is 279 g/mol. The predicted molar refractivity (Wildman–Crippen MR) is 87.1 cm³/mol. The standard InChI is InChI=1S/C17H19FN4/c18-12-5-6-15-16(11-12)21-17(22-9-7-19-8-10-22)13-3-1-2-4-14(13)20-15/h1-6,11,13-14,19-20H,7-10H2. The van der Waals surface area contributed by atoms with Crippen LogP contribution in [0, 0.1) is 11.7 Å². The number of hydrogen-bond donors (Lipinski definition) is 2. The zero-order chi connectivity index (χ0) is 14.9. The summed E-state index contributed by atoms with van der Waals surface area (Å²) in [6.45, 7) is 3.79. The molecule has 0 bridgehead atoms. The van der Waals surface area contributed by atoms with Gasteiger partial charge in [-0.2, -0.15) is 0 Å². The van der Waals surface area contributed by atoms with Gasteiger partial charge in [0.05, 0.1) is 23.3 Å². The summed E-state index contributed by atoms with van der Waals surface area (Å²) in [6.07, 6.45) is 8.46. The van der Waals surface area contributed by atoms with Gasteiger partial charge in [0.2, 0.25) is 0 Å². The second-order valence-corrected chi connectivity index (χ2v) is 5.83. The van der Waals surface area contributed by atoms with Crippen LogP contribution in [0.4, 0.5) is 15.8 Å². The largest absolute Gasteiger partial charge is 0.376 e. The van der Waals surface area contributed by atoms with E-state index >= 15 is 0 Å². The normalized spacial score (nSPS) is 26.6. The van der Waals surface area contributed by atoms with Crippen molar-refractivity contribution in [1.82, 2.24) is 10.2 Å². The van der Waals surface area contributed by atoms with Crippen molar-refractivity contribution < 1.29 is 4.39 Å². The molecule has 0 radical (unpaired) electrons. The van der Waals surface area contributed by atoms with E-state index in [4.69, 9.17) is 4.99 Å². The van der Waals surface area contributed by atoms with Crippen LogP contribution in [0.1, 0.15) is 0 Å². The third-order valence-corrected chi connectivity index (χ3v) is 4.39. The minimum absolute atomic E-state index is 0.158. The van der Waals surface area contributed by atoms with E-state index in [1.54, 1.807) is 6.07 Å². The maximum absolute atomic E-state index is 13.6. The van der Waals surface area contributed by atoms with Gasteiger partial charge in [-0.15, -0.1) is 0 Å². The van der Waals surface area contributed by atoms with Crippen LogP contribution in [0.2, 0.25) is 0 Å². The molecule has 0 aromatic heterocycles. The Kier molecular flexibility index (Phi) is 3.42. The average molecular weight is 298 g/mol. The van der Waals surface area contributed by atoms with Crippen LogP contribution in [-0.2, 0) is 0 Å². The molecule has 1 fully saturated rings. The van der Waals surface area contributed by atoms with Crippen molar-refractivity contribution in [3.05, 3.63) is 48.3 Å². The van der Waals surface area contributed by atoms with E-state index in [0.29, 0.717) is 5.69 Å². The Labute approximate surface area is 129 Å². The summed E-state index contributed by atoms with van der Waals surface area (Å²) in [6, 6.07) is 4.92. The highest BCUT2D eigenvalue weighted by atomic mass is 19.1. The van der Waals surface area contributed by atoms with E-state index in [2.05, 4.69) is 39.8 Å². The quantitative estimate of drug-likeness (QED) is 0.772. The highest BCUT2D eigenvalue weighted by Gasteiger charge is 2.31. The highest BCUT2D eigenvalue weighted by Crippen LogP contribution is 2.34. The smallest absolute Gasteiger partial charge is 0.125 e. The van der Waals surface area contributed by atoms with Crippen molar-refractivity contribution >= 4 is 17.2 Å². The summed E-state index contributed by atoms with van der Waals surface area (Å²) < 4.78 is 13.6. The topological polar surface area (TPSA) is 39.7 Å². The fraction of sp³-hybridized carbons (Fsp3) is 0.353. The molecule has 2 heterocycles. The predicted octanol–water partition coefficient (Wildman–Crippen LogP) is 2.30. The number of nitrogens with zero attached hydrogens (tertiary/aromatic N) is 2. The van der Waals surface area contributed by atoms with Gasteiger partial charge in [0.25, 0.3) is 0 Å². The lowest BCUT2D eigenvalue weighted by Crippen LogP contribution is -2.50. The molecule has 22 heavy (non-hydrogen) atoms. The van der Waals surface area contributed by atoms with E-state index in [1.165, 1.54) is 12.1 Å². The van der Waals surface area contributed by atoms with Crippen molar-refractivity contribution in [1.29, 1.82) is 0 Å². The van der Waals surface area contributed by atoms with Gasteiger partial charge in [-0.1, -0.05) is 24.3 Å². The van der Waals surface area contributed by atoms with Gasteiger partial charge in [0.15, 0.2) is 0 Å². The second-order valence-electron chi connectivity index (χ2n) is 5.83. The molecule has 114 valence electrons. The molecule has 4 nitrogen and oxygen atoms in total. The molecule has 3 aliphatic rings. The third kappa shape index (κ3) is 2.41. The fourth-order valence-electron chi connectivity index (χ4n) is 3.26. The summed E-state index contributed by atoms with van der Waals surface area (Å²) in [7, 11) is 0. The Morgan fingerprint density at radius 3 is 2.82 bits per heavy atom. The van der Waals surface area contributed by atoms with Crippen LogP contribution >= 0.6 is 0 Å². The second kappa shape index (κ2) is 5.57. The van der Waals surface area contributed by atoms with Crippen LogP contribution in [-0.4, -0.2) is 43.0 Å². The molecule has 5 heteroatoms. The lowest BCUT2D eigenvalue weighted by atomic mass is 9.93. The van der Waals surface area contributed by atoms with Crippen LogP contribution in [0.3, 0.4) is 0 Å². The van der Waals surface area contributed by atoms with Crippen LogP contribution in [0.15, 0.2) is 47.5 Å². The van der Waals surface area contributed by atoms with Crippen molar-refractivity contribution in [3.63, 3.8) is 0 Å². The van der Waals surface area contributed by atoms with Crippen molar-refractivity contribution in [2.24, 2.45) is 10.9 Å². The summed E-state index contributed by atoms with van der Waals surface area (Å²) in [5.41, 5.74) is 1.58. The number of allylic oxidation sites excluding steroid dienone is 2. The first-order valence-corrected chi connectivity index (χ1v) is 7.76. The summed E-state index contributed by atoms with van der Waals surface area (Å²) in [5.74, 6) is 0.961. The number of aliphatic imine (C=N–C) groups is 1. The number of hydrogen-bond acceptors (Lipinski definition) is 4. The molecule has 1 aromatic carbocycles. The van der Waals surface area contributed by atoms with Gasteiger partial charge in [-0.05, 0) is 12.1 Å². The summed E-state index contributed by atoms with van der Waals surface area (Å²) in [4.78, 5) is 7.15. The van der Waals surface area contributed by atoms with Gasteiger partial charge >= 0.3 is 0 Å². The number of halogens is 1. The third-order valence-electron chi connectivity index (χ3n) is 4.39. The molecule has 4 rings (SSSR count). The zero-order valence-electron chi connectivity index (χ0n) is 12.3. The van der Waals surface area contributed by atoms with E-state index in [9.17, 15) is 4.39 Å². The SMILES string of the molecule is Fc1ccc2c(c1)N=C(N1CCNCC1)C1C=CC=CC1N2. The molecule has 2 unspecified atom stereocenters. The molecule has 0 spiro atoms. The Hall–Kier alpha value is -2.14. The summed E-state index contributed by atoms with van der Waals surface area (Å²) >= 11 is 0. The Morgan fingerprint density at radius 2 is 1.95 bits per heavy atom. The minimum Gasteiger partial charge on any atom is -0.376 e. The van der Waals surface area contributed by atoms with Crippen LogP contribution in [0.25, 0.3) is 0 Å². The van der Waals surface area contributed by atoms with Crippen LogP contribution in [0.5, 0.6) is 0 Å². The van der Waals surface area contributed by atoms with Gasteiger partial charge in [-0.25, -0.2) is 9.38 Å². The number of benzene rings is 1. The van der Waals surface area contributed by atoms with E-state index in [-0.39, 0.29) is 17.8 Å². The molecule has 1 aromatic rings. The zero-order valence-corrected chi connectivity index (χ0v) is 12.3. The van der Waals surface area contributed by atoms with Crippen molar-refractivity contribution in [3.8, 4) is 0 Å². The molecule has 2 aliphatic heterocycles. The number of nitrogens with one attached hydrogen (secondary N) is 2. The van der Waals surface area contributed by atoms with E-state index in [1.807, 2.05) is 0 Å². The lowest BCUT2D eigenvalue weighted by Gasteiger charge is -2.35. The lowest BCUT2D eigenvalue weighted by molar-refractivity contribution is 0.344. The van der Waals surface area contributed by atoms with Gasteiger partial charge < -0.3 is 15.5 Å². The highest BCUT2D eigenvalue weighted by molar-refractivity contribution is 5.93. The Bertz CT molecular complexity index is 659. The van der Waals surface area contributed by atoms with Gasteiger partial charge in [0, 0.05) is 32.2 Å². The molecule has 2 N–H and O–H groups in total. The Balaban J connectivity index is 1.79. The van der Waals surface area contributed by atoms with Gasteiger partial charge in [-0.3, -0.25) is 0 Å². The molecule has 0 amide bonds. The molecule has 1 saturated heterocycles. The Morgan fingerprint density at radius 1 is 1.14 bits per heavy atom. The number of fused-ring (bicyclic) bond motifs is 2. The number of piperazine rings is 1. The average Bonchev–Trinajstić information content (AvgIpc) is 2.72. The first-order valence-electron chi connectivity index (χ1n) is 7.76. The van der Waals surface area contributed by atoms with E-state index < -0.39 is 0 Å². The number of amidine groups is 1. The molecule has 1 aliphatic carbocycles. The van der Waals surface area contributed by atoms with Crippen molar-refractivity contribution in [2.75, 3.05) is 31.5 Å². The summed E-state index contributed by atoms with van der Waals surface area (Å²) in [5, 5.41) is 6.86. The first kappa shape index (κ1) is 13.5. The van der Waals surface area contributed by atoms with E-state index in [0.717, 1.165) is 37.7 Å². The number of rotatable bonds is 0. The molecule has 0 saturated carbocycles. The first-order chi connectivity index (χ1) is 10.8. The molecular formula is C17H19FN4. The van der Waals surface area contributed by atoms with Gasteiger partial charge in [0.1, 0.15) is 11.7 Å². The maximum atomic E-state index is 13.6. The maximum Gasteiger partial charge on any atom is 0.125 e. The van der Waals surface area contributed by atoms with Crippen LogP contribution < -0.4 is 10.6 Å². The monoisotopic (exact) mass is 298 g/mol. The fourth-order valence-corrected chi connectivity index (χ4v) is 3.26. The minimum atomic E-state index is -0.250. The molecule has 2 atom stereocenters. The van der Waals surface area contributed by atoms with Crippen molar-refractivity contribution in [2.45, 2.75) is 6.04 Å².